The van der Waals surface area contributed by atoms with E-state index >= 15 is 0 Å². The highest BCUT2D eigenvalue weighted by Gasteiger charge is 2.28. The number of hydrogen-bond donors (Lipinski definition) is 1. The highest BCUT2D eigenvalue weighted by Crippen LogP contribution is 2.35. The Labute approximate surface area is 51.9 Å². The molecule has 1 unspecified atom stereocenters. The third kappa shape index (κ3) is 1.42. The zero-order chi connectivity index (χ0) is 5.28. The van der Waals surface area contributed by atoms with Crippen LogP contribution in [0.5, 0.6) is 0 Å². The molecule has 0 aromatic carbocycles. The van der Waals surface area contributed by atoms with Crippen LogP contribution in [0.25, 0.3) is 0 Å². The van der Waals surface area contributed by atoms with Crippen LogP contribution >= 0.6 is 15.9 Å². The first-order valence-electron chi connectivity index (χ1n) is 2.59. The van der Waals surface area contributed by atoms with Gasteiger partial charge in [-0.25, -0.2) is 0 Å². The summed E-state index contributed by atoms with van der Waals surface area (Å²) in [6.45, 7) is 0.296. The quantitative estimate of drug-likeness (QED) is 0.608. The van der Waals surface area contributed by atoms with Gasteiger partial charge in [-0.15, -0.1) is 0 Å². The van der Waals surface area contributed by atoms with Crippen molar-refractivity contribution in [2.45, 2.75) is 17.7 Å². The summed E-state index contributed by atoms with van der Waals surface area (Å²) >= 11 is 3.35. The minimum absolute atomic E-state index is 0.296. The van der Waals surface area contributed by atoms with E-state index in [0.717, 1.165) is 5.92 Å². The van der Waals surface area contributed by atoms with E-state index in [1.807, 2.05) is 0 Å². The predicted molar refractivity (Wildman–Crippen MR) is 32.5 cm³/mol. The first-order valence-corrected chi connectivity index (χ1v) is 3.51. The van der Waals surface area contributed by atoms with Crippen LogP contribution in [0.4, 0.5) is 0 Å². The number of aliphatic hydroxyl groups excluding tert-OH is 1. The molecule has 0 bridgehead atoms. The molecule has 1 aliphatic rings. The average molecular weight is 165 g/mol. The summed E-state index contributed by atoms with van der Waals surface area (Å²) in [6, 6.07) is 0. The van der Waals surface area contributed by atoms with E-state index in [2.05, 4.69) is 15.9 Å². The fourth-order valence-corrected chi connectivity index (χ4v) is 1.14. The molecule has 1 aliphatic carbocycles. The van der Waals surface area contributed by atoms with Crippen LogP contribution in [-0.2, 0) is 0 Å². The molecule has 0 heterocycles. The van der Waals surface area contributed by atoms with Crippen molar-refractivity contribution in [3.63, 3.8) is 0 Å². The Hall–Kier alpha value is 0.440. The number of rotatable bonds is 2. The Kier molecular flexibility index (Phi) is 1.70. The van der Waals surface area contributed by atoms with Crippen LogP contribution in [0, 0.1) is 5.92 Å². The van der Waals surface area contributed by atoms with Crippen molar-refractivity contribution in [1.29, 1.82) is 0 Å². The molecule has 0 aliphatic heterocycles. The molecule has 42 valence electrons. The van der Waals surface area contributed by atoms with E-state index in [1.54, 1.807) is 0 Å². The predicted octanol–water partition coefficient (Wildman–Crippen LogP) is 1.15. The zero-order valence-corrected chi connectivity index (χ0v) is 5.69. The molecule has 2 heteroatoms. The highest BCUT2D eigenvalue weighted by atomic mass is 79.9. The SMILES string of the molecule is OCC(Br)C1CC1. The lowest BCUT2D eigenvalue weighted by Crippen LogP contribution is -2.04. The highest BCUT2D eigenvalue weighted by molar-refractivity contribution is 9.09. The summed E-state index contributed by atoms with van der Waals surface area (Å²) in [6.07, 6.45) is 2.60. The third-order valence-corrected chi connectivity index (χ3v) is 2.35. The van der Waals surface area contributed by atoms with E-state index < -0.39 is 0 Å². The van der Waals surface area contributed by atoms with Gasteiger partial charge >= 0.3 is 0 Å². The molecule has 0 saturated heterocycles. The second-order valence-corrected chi connectivity index (χ2v) is 3.21. The second-order valence-electron chi connectivity index (χ2n) is 2.04. The van der Waals surface area contributed by atoms with Gasteiger partial charge in [0.15, 0.2) is 0 Å². The molecule has 1 saturated carbocycles. The zero-order valence-electron chi connectivity index (χ0n) is 4.10. The molecule has 0 aromatic heterocycles. The van der Waals surface area contributed by atoms with Crippen molar-refractivity contribution in [3.8, 4) is 0 Å². The monoisotopic (exact) mass is 164 g/mol. The summed E-state index contributed by atoms with van der Waals surface area (Å²) in [5.74, 6) is 0.782. The van der Waals surface area contributed by atoms with Crippen LogP contribution in [0.1, 0.15) is 12.8 Å². The van der Waals surface area contributed by atoms with Gasteiger partial charge in [-0.05, 0) is 18.8 Å². The second kappa shape index (κ2) is 2.14. The molecular weight excluding hydrogens is 156 g/mol. The smallest absolute Gasteiger partial charge is 0.0559 e. The number of aliphatic hydroxyl groups is 1. The Morgan fingerprint density at radius 1 is 1.71 bits per heavy atom. The van der Waals surface area contributed by atoms with Gasteiger partial charge in [0.1, 0.15) is 0 Å². The van der Waals surface area contributed by atoms with Crippen LogP contribution in [0.3, 0.4) is 0 Å². The molecule has 1 nitrogen and oxygen atoms in total. The van der Waals surface area contributed by atoms with Gasteiger partial charge in [0.2, 0.25) is 0 Å². The molecule has 0 amide bonds. The van der Waals surface area contributed by atoms with E-state index in [-0.39, 0.29) is 0 Å². The Bertz CT molecular complexity index is 61.1. The third-order valence-electron chi connectivity index (χ3n) is 1.31. The minimum Gasteiger partial charge on any atom is -0.395 e. The van der Waals surface area contributed by atoms with Crippen molar-refractivity contribution in [1.82, 2.24) is 0 Å². The molecule has 1 fully saturated rings. The van der Waals surface area contributed by atoms with E-state index in [0.29, 0.717) is 11.4 Å². The van der Waals surface area contributed by atoms with Crippen molar-refractivity contribution >= 4 is 15.9 Å². The molecule has 0 aromatic rings. The largest absolute Gasteiger partial charge is 0.395 e. The lowest BCUT2D eigenvalue weighted by atomic mass is 10.3. The Morgan fingerprint density at radius 3 is 2.43 bits per heavy atom. The maximum Gasteiger partial charge on any atom is 0.0559 e. The van der Waals surface area contributed by atoms with Crippen molar-refractivity contribution < 1.29 is 5.11 Å². The summed E-state index contributed by atoms with van der Waals surface area (Å²) in [7, 11) is 0. The topological polar surface area (TPSA) is 20.2 Å². The molecule has 1 atom stereocenters. The molecule has 1 N–H and O–H groups in total. The summed E-state index contributed by atoms with van der Waals surface area (Å²) < 4.78 is 0. The van der Waals surface area contributed by atoms with Crippen LogP contribution < -0.4 is 0 Å². The van der Waals surface area contributed by atoms with Gasteiger partial charge in [-0.2, -0.15) is 0 Å². The molecule has 1 rings (SSSR count). The van der Waals surface area contributed by atoms with Crippen LogP contribution in [0.2, 0.25) is 0 Å². The van der Waals surface area contributed by atoms with Gasteiger partial charge < -0.3 is 5.11 Å². The van der Waals surface area contributed by atoms with Gasteiger partial charge in [0.25, 0.3) is 0 Å². The van der Waals surface area contributed by atoms with E-state index in [4.69, 9.17) is 5.11 Å². The van der Waals surface area contributed by atoms with Gasteiger partial charge in [-0.1, -0.05) is 15.9 Å². The number of alkyl halides is 1. The lowest BCUT2D eigenvalue weighted by molar-refractivity contribution is 0.288. The Balaban J connectivity index is 2.10. The lowest BCUT2D eigenvalue weighted by Gasteiger charge is -1.98. The summed E-state index contributed by atoms with van der Waals surface area (Å²) in [4.78, 5) is 0.382. The average Bonchev–Trinajstić information content (AvgIpc) is 2.44. The van der Waals surface area contributed by atoms with Crippen molar-refractivity contribution in [2.24, 2.45) is 5.92 Å². The molecular formula is C5H9BrO. The first kappa shape index (κ1) is 5.57. The fraction of sp³-hybridized carbons (Fsp3) is 1.00. The normalized spacial score (nSPS) is 24.9. The Morgan fingerprint density at radius 2 is 2.29 bits per heavy atom. The van der Waals surface area contributed by atoms with Crippen LogP contribution in [-0.4, -0.2) is 16.5 Å². The number of hydrogen-bond acceptors (Lipinski definition) is 1. The van der Waals surface area contributed by atoms with Crippen molar-refractivity contribution in [3.05, 3.63) is 0 Å². The fourth-order valence-electron chi connectivity index (χ4n) is 0.607. The molecule has 0 radical (unpaired) electrons. The van der Waals surface area contributed by atoms with Gasteiger partial charge in [0.05, 0.1) is 6.61 Å². The minimum atomic E-state index is 0.296. The van der Waals surface area contributed by atoms with Gasteiger partial charge in [0, 0.05) is 4.83 Å². The summed E-state index contributed by atoms with van der Waals surface area (Å²) in [5, 5.41) is 8.50. The van der Waals surface area contributed by atoms with Crippen molar-refractivity contribution in [2.75, 3.05) is 6.61 Å². The summed E-state index contributed by atoms with van der Waals surface area (Å²) in [5.41, 5.74) is 0. The number of halogens is 1. The van der Waals surface area contributed by atoms with E-state index in [9.17, 15) is 0 Å². The van der Waals surface area contributed by atoms with Gasteiger partial charge in [-0.3, -0.25) is 0 Å². The molecule has 7 heavy (non-hydrogen) atoms. The first-order chi connectivity index (χ1) is 3.34. The maximum absolute atomic E-state index is 8.50. The standard InChI is InChI=1S/C5H9BrO/c6-5(3-7)4-1-2-4/h4-5,7H,1-3H2. The van der Waals surface area contributed by atoms with E-state index in [1.165, 1.54) is 12.8 Å². The molecule has 0 spiro atoms. The maximum atomic E-state index is 8.50. The van der Waals surface area contributed by atoms with Crippen LogP contribution in [0.15, 0.2) is 0 Å².